The van der Waals surface area contributed by atoms with E-state index in [2.05, 4.69) is 11.2 Å². The predicted molar refractivity (Wildman–Crippen MR) is 64.9 cm³/mol. The monoisotopic (exact) mass is 234 g/mol. The van der Waals surface area contributed by atoms with E-state index in [1.165, 1.54) is 12.1 Å². The molecule has 0 atom stereocenters. The second kappa shape index (κ2) is 7.25. The Balaban J connectivity index is 2.23. The molecule has 0 bridgehead atoms. The van der Waals surface area contributed by atoms with Crippen LogP contribution in [0.25, 0.3) is 0 Å². The molecule has 5 nitrogen and oxygen atoms in total. The lowest BCUT2D eigenvalue weighted by Gasteiger charge is -2.06. The fourth-order valence-electron chi connectivity index (χ4n) is 1.19. The number of terminal acetylenes is 1. The van der Waals surface area contributed by atoms with E-state index in [4.69, 9.17) is 11.2 Å². The van der Waals surface area contributed by atoms with Crippen molar-refractivity contribution in [1.82, 2.24) is 5.32 Å². The first-order chi connectivity index (χ1) is 8.24. The summed E-state index contributed by atoms with van der Waals surface area (Å²) in [5, 5.41) is 13.5. The van der Waals surface area contributed by atoms with Gasteiger partial charge in [-0.3, -0.25) is 10.1 Å². The Bertz CT molecular complexity index is 395. The number of ether oxygens (including phenoxy) is 1. The molecule has 0 radical (unpaired) electrons. The second-order valence-electron chi connectivity index (χ2n) is 3.30. The molecular formula is C12H14N2O3. The zero-order chi connectivity index (χ0) is 12.5. The van der Waals surface area contributed by atoms with Gasteiger partial charge in [0.1, 0.15) is 12.4 Å². The normalized spacial score (nSPS) is 9.59. The fraction of sp³-hybridized carbons (Fsp3) is 0.333. The SMILES string of the molecule is C#CCCNCCOc1ccc([N+](=O)[O-])cc1. The maximum Gasteiger partial charge on any atom is 0.269 e. The lowest BCUT2D eigenvalue weighted by atomic mass is 10.3. The first kappa shape index (κ1) is 13.0. The molecule has 0 aliphatic rings. The maximum atomic E-state index is 10.4. The summed E-state index contributed by atoms with van der Waals surface area (Å²) in [6, 6.07) is 6.00. The highest BCUT2D eigenvalue weighted by Crippen LogP contribution is 2.16. The summed E-state index contributed by atoms with van der Waals surface area (Å²) in [4.78, 5) is 9.97. The molecule has 0 aliphatic heterocycles. The van der Waals surface area contributed by atoms with Gasteiger partial charge in [-0.15, -0.1) is 12.3 Å². The average molecular weight is 234 g/mol. The number of nitrogens with zero attached hydrogens (tertiary/aromatic N) is 1. The predicted octanol–water partition coefficient (Wildman–Crippen LogP) is 1.59. The van der Waals surface area contributed by atoms with Crippen LogP contribution in [0.5, 0.6) is 5.75 Å². The molecular weight excluding hydrogens is 220 g/mol. The van der Waals surface area contributed by atoms with Crippen molar-refractivity contribution in [2.45, 2.75) is 6.42 Å². The molecule has 0 fully saturated rings. The van der Waals surface area contributed by atoms with Gasteiger partial charge in [-0.05, 0) is 12.1 Å². The van der Waals surface area contributed by atoms with Gasteiger partial charge in [0, 0.05) is 31.6 Å². The first-order valence-corrected chi connectivity index (χ1v) is 5.25. The van der Waals surface area contributed by atoms with Crippen LogP contribution in [-0.2, 0) is 0 Å². The van der Waals surface area contributed by atoms with Gasteiger partial charge in [-0.1, -0.05) is 0 Å². The van der Waals surface area contributed by atoms with E-state index in [1.54, 1.807) is 12.1 Å². The van der Waals surface area contributed by atoms with Crippen molar-refractivity contribution < 1.29 is 9.66 Å². The Morgan fingerprint density at radius 1 is 1.35 bits per heavy atom. The number of nitro groups is 1. The molecule has 0 heterocycles. The van der Waals surface area contributed by atoms with Crippen LogP contribution >= 0.6 is 0 Å². The molecule has 0 aromatic heterocycles. The van der Waals surface area contributed by atoms with E-state index >= 15 is 0 Å². The Morgan fingerprint density at radius 2 is 2.06 bits per heavy atom. The smallest absolute Gasteiger partial charge is 0.269 e. The largest absolute Gasteiger partial charge is 0.492 e. The summed E-state index contributed by atoms with van der Waals surface area (Å²) in [7, 11) is 0. The van der Waals surface area contributed by atoms with Crippen LogP contribution in [0.4, 0.5) is 5.69 Å². The standard InChI is InChI=1S/C12H14N2O3/c1-2-3-8-13-9-10-17-12-6-4-11(5-7-12)14(15)16/h1,4-7,13H,3,8-10H2. The van der Waals surface area contributed by atoms with Crippen LogP contribution in [0.1, 0.15) is 6.42 Å². The van der Waals surface area contributed by atoms with E-state index in [1.807, 2.05) is 0 Å². The number of nitro benzene ring substituents is 1. The van der Waals surface area contributed by atoms with Crippen molar-refractivity contribution in [2.75, 3.05) is 19.7 Å². The van der Waals surface area contributed by atoms with E-state index in [-0.39, 0.29) is 5.69 Å². The molecule has 0 saturated heterocycles. The fourth-order valence-corrected chi connectivity index (χ4v) is 1.19. The highest BCUT2D eigenvalue weighted by Gasteiger charge is 2.03. The minimum atomic E-state index is -0.439. The van der Waals surface area contributed by atoms with E-state index in [9.17, 15) is 10.1 Å². The van der Waals surface area contributed by atoms with Gasteiger partial charge in [0.25, 0.3) is 5.69 Å². The molecule has 1 rings (SSSR count). The molecule has 90 valence electrons. The van der Waals surface area contributed by atoms with E-state index in [0.29, 0.717) is 25.3 Å². The van der Waals surface area contributed by atoms with Crippen molar-refractivity contribution in [3.63, 3.8) is 0 Å². The van der Waals surface area contributed by atoms with Gasteiger partial charge in [0.2, 0.25) is 0 Å². The van der Waals surface area contributed by atoms with Crippen molar-refractivity contribution in [1.29, 1.82) is 0 Å². The zero-order valence-corrected chi connectivity index (χ0v) is 9.39. The van der Waals surface area contributed by atoms with Gasteiger partial charge >= 0.3 is 0 Å². The van der Waals surface area contributed by atoms with Crippen molar-refractivity contribution in [3.05, 3.63) is 34.4 Å². The van der Waals surface area contributed by atoms with Crippen molar-refractivity contribution in [3.8, 4) is 18.1 Å². The van der Waals surface area contributed by atoms with E-state index in [0.717, 1.165) is 6.54 Å². The minimum absolute atomic E-state index is 0.0597. The number of nitrogens with one attached hydrogen (secondary N) is 1. The Labute approximate surface area is 99.9 Å². The number of non-ortho nitro benzene ring substituents is 1. The van der Waals surface area contributed by atoms with Crippen molar-refractivity contribution >= 4 is 5.69 Å². The third-order valence-corrected chi connectivity index (χ3v) is 2.04. The quantitative estimate of drug-likeness (QED) is 0.337. The van der Waals surface area contributed by atoms with Crippen LogP contribution in [0, 0.1) is 22.5 Å². The lowest BCUT2D eigenvalue weighted by Crippen LogP contribution is -2.21. The lowest BCUT2D eigenvalue weighted by molar-refractivity contribution is -0.384. The van der Waals surface area contributed by atoms with Gasteiger partial charge in [0.05, 0.1) is 4.92 Å². The number of benzene rings is 1. The Hall–Kier alpha value is -2.06. The first-order valence-electron chi connectivity index (χ1n) is 5.25. The molecule has 0 saturated carbocycles. The van der Waals surface area contributed by atoms with Gasteiger partial charge in [0.15, 0.2) is 0 Å². The third kappa shape index (κ3) is 5.00. The van der Waals surface area contributed by atoms with Crippen LogP contribution in [0.15, 0.2) is 24.3 Å². The molecule has 17 heavy (non-hydrogen) atoms. The maximum absolute atomic E-state index is 10.4. The number of rotatable bonds is 7. The van der Waals surface area contributed by atoms with E-state index < -0.39 is 4.92 Å². The highest BCUT2D eigenvalue weighted by molar-refractivity contribution is 5.35. The Kier molecular flexibility index (Phi) is 5.55. The number of hydrogen-bond donors (Lipinski definition) is 1. The molecule has 1 N–H and O–H groups in total. The molecule has 5 heteroatoms. The molecule has 0 aliphatic carbocycles. The second-order valence-corrected chi connectivity index (χ2v) is 3.30. The van der Waals surface area contributed by atoms with Crippen LogP contribution < -0.4 is 10.1 Å². The minimum Gasteiger partial charge on any atom is -0.492 e. The zero-order valence-electron chi connectivity index (χ0n) is 9.39. The third-order valence-electron chi connectivity index (χ3n) is 2.04. The van der Waals surface area contributed by atoms with Gasteiger partial charge in [-0.2, -0.15) is 0 Å². The molecule has 0 unspecified atom stereocenters. The summed E-state index contributed by atoms with van der Waals surface area (Å²) >= 11 is 0. The topological polar surface area (TPSA) is 64.4 Å². The molecule has 0 amide bonds. The van der Waals surface area contributed by atoms with Crippen LogP contribution in [0.2, 0.25) is 0 Å². The summed E-state index contributed by atoms with van der Waals surface area (Å²) in [5.74, 6) is 3.15. The highest BCUT2D eigenvalue weighted by atomic mass is 16.6. The molecule has 0 spiro atoms. The summed E-state index contributed by atoms with van der Waals surface area (Å²) in [6.07, 6.45) is 5.79. The average Bonchev–Trinajstić information content (AvgIpc) is 2.34. The summed E-state index contributed by atoms with van der Waals surface area (Å²) < 4.78 is 5.38. The Morgan fingerprint density at radius 3 is 2.65 bits per heavy atom. The number of hydrogen-bond acceptors (Lipinski definition) is 4. The van der Waals surface area contributed by atoms with Gasteiger partial charge < -0.3 is 10.1 Å². The van der Waals surface area contributed by atoms with Crippen LogP contribution in [-0.4, -0.2) is 24.6 Å². The molecule has 1 aromatic rings. The molecule has 1 aromatic carbocycles. The van der Waals surface area contributed by atoms with Crippen molar-refractivity contribution in [2.24, 2.45) is 0 Å². The van der Waals surface area contributed by atoms with Crippen LogP contribution in [0.3, 0.4) is 0 Å². The summed E-state index contributed by atoms with van der Waals surface area (Å²) in [6.45, 7) is 1.96. The van der Waals surface area contributed by atoms with Gasteiger partial charge in [-0.25, -0.2) is 0 Å². The summed E-state index contributed by atoms with van der Waals surface area (Å²) in [5.41, 5.74) is 0.0597.